The van der Waals surface area contributed by atoms with Crippen molar-refractivity contribution in [2.75, 3.05) is 40.4 Å². The fourth-order valence-electron chi connectivity index (χ4n) is 4.55. The lowest BCUT2D eigenvalue weighted by Gasteiger charge is -2.22. The largest absolute Gasteiger partial charge is 0.497 e. The number of ether oxygens (including phenoxy) is 2. The van der Waals surface area contributed by atoms with Crippen LogP contribution >= 0.6 is 11.3 Å². The molecular weight excluding hydrogens is 422 g/mol. The fraction of sp³-hybridized carbons (Fsp3) is 0.571. The molecule has 0 amide bonds. The van der Waals surface area contributed by atoms with Crippen molar-refractivity contribution in [3.05, 3.63) is 34.3 Å². The van der Waals surface area contributed by atoms with Crippen LogP contribution in [0, 0.1) is 18.8 Å². The highest BCUT2D eigenvalue weighted by Gasteiger charge is 2.41. The van der Waals surface area contributed by atoms with E-state index in [0.29, 0.717) is 36.4 Å². The van der Waals surface area contributed by atoms with Crippen LogP contribution in [0.3, 0.4) is 0 Å². The highest BCUT2D eigenvalue weighted by molar-refractivity contribution is 7.89. The van der Waals surface area contributed by atoms with Crippen LogP contribution in [0.5, 0.6) is 11.5 Å². The minimum absolute atomic E-state index is 0.182. The van der Waals surface area contributed by atoms with Gasteiger partial charge in [0.1, 0.15) is 16.4 Å². The molecule has 2 aromatic rings. The number of methoxy groups -OCH3 is 2. The van der Waals surface area contributed by atoms with E-state index in [1.807, 2.05) is 6.92 Å². The highest BCUT2D eigenvalue weighted by atomic mass is 32.2. The molecule has 0 unspecified atom stereocenters. The number of hydrogen-bond donors (Lipinski definition) is 0. The lowest BCUT2D eigenvalue weighted by Crippen LogP contribution is -2.31. The minimum Gasteiger partial charge on any atom is -0.497 e. The molecule has 0 saturated carbocycles. The lowest BCUT2D eigenvalue weighted by molar-refractivity contribution is 0.263. The predicted octanol–water partition coefficient (Wildman–Crippen LogP) is 3.00. The first-order valence-electron chi connectivity index (χ1n) is 10.3. The molecule has 0 radical (unpaired) electrons. The minimum atomic E-state index is -3.64. The molecule has 7 nitrogen and oxygen atoms in total. The first-order chi connectivity index (χ1) is 14.4. The maximum Gasteiger partial charge on any atom is 0.246 e. The van der Waals surface area contributed by atoms with Gasteiger partial charge in [-0.05, 0) is 56.8 Å². The zero-order valence-corrected chi connectivity index (χ0v) is 19.3. The van der Waals surface area contributed by atoms with Crippen LogP contribution in [0.2, 0.25) is 0 Å². The molecule has 2 saturated heterocycles. The third kappa shape index (κ3) is 4.34. The average Bonchev–Trinajstić information content (AvgIpc) is 3.30. The zero-order valence-electron chi connectivity index (χ0n) is 17.7. The van der Waals surface area contributed by atoms with Crippen LogP contribution in [0.25, 0.3) is 0 Å². The van der Waals surface area contributed by atoms with Crippen molar-refractivity contribution < 1.29 is 17.9 Å². The number of thiazole rings is 1. The van der Waals surface area contributed by atoms with E-state index in [4.69, 9.17) is 9.47 Å². The summed E-state index contributed by atoms with van der Waals surface area (Å²) in [7, 11) is -0.612. The standard InChI is InChI=1S/C21H29N3O4S2/c1-15-22-18(14-29-15)13-23-8-6-16-11-24(12-17(16)7-9-23)30(25,26)21-10-19(27-2)4-5-20(21)28-3/h4-5,10,14,16-17H,6-9,11-13H2,1-3H3/t16-,17+. The molecule has 0 aliphatic carbocycles. The zero-order chi connectivity index (χ0) is 21.3. The van der Waals surface area contributed by atoms with Crippen molar-refractivity contribution in [2.45, 2.75) is 31.2 Å². The molecule has 164 valence electrons. The van der Waals surface area contributed by atoms with Gasteiger partial charge in [-0.2, -0.15) is 4.31 Å². The molecule has 9 heteroatoms. The molecule has 2 aliphatic rings. The Morgan fingerprint density at radius 1 is 1.13 bits per heavy atom. The summed E-state index contributed by atoms with van der Waals surface area (Å²) < 4.78 is 39.0. The van der Waals surface area contributed by atoms with E-state index < -0.39 is 10.0 Å². The number of aromatic nitrogens is 1. The van der Waals surface area contributed by atoms with E-state index in [2.05, 4.69) is 15.3 Å². The van der Waals surface area contributed by atoms with Crippen LogP contribution < -0.4 is 9.47 Å². The summed E-state index contributed by atoms with van der Waals surface area (Å²) in [6.07, 6.45) is 2.02. The third-order valence-corrected chi connectivity index (χ3v) is 8.89. The van der Waals surface area contributed by atoms with Crippen LogP contribution in [0.15, 0.2) is 28.5 Å². The molecular formula is C21H29N3O4S2. The Morgan fingerprint density at radius 2 is 1.83 bits per heavy atom. The molecule has 3 heterocycles. The van der Waals surface area contributed by atoms with E-state index in [9.17, 15) is 8.42 Å². The van der Waals surface area contributed by atoms with Crippen molar-refractivity contribution in [1.82, 2.24) is 14.2 Å². The summed E-state index contributed by atoms with van der Waals surface area (Å²) in [5, 5.41) is 3.24. The van der Waals surface area contributed by atoms with Gasteiger partial charge < -0.3 is 9.47 Å². The normalized spacial score (nSPS) is 23.2. The highest BCUT2D eigenvalue weighted by Crippen LogP contribution is 2.38. The molecule has 30 heavy (non-hydrogen) atoms. The molecule has 2 aliphatic heterocycles. The fourth-order valence-corrected chi connectivity index (χ4v) is 6.88. The number of fused-ring (bicyclic) bond motifs is 1. The van der Waals surface area contributed by atoms with Gasteiger partial charge in [-0.3, -0.25) is 4.90 Å². The first kappa shape index (κ1) is 21.5. The van der Waals surface area contributed by atoms with Crippen molar-refractivity contribution in [3.63, 3.8) is 0 Å². The number of sulfonamides is 1. The second-order valence-corrected chi connectivity index (χ2v) is 11.0. The molecule has 0 spiro atoms. The number of benzene rings is 1. The van der Waals surface area contributed by atoms with E-state index in [1.165, 1.54) is 14.2 Å². The molecule has 1 aromatic heterocycles. The summed E-state index contributed by atoms with van der Waals surface area (Å²) in [5.41, 5.74) is 1.14. The van der Waals surface area contributed by atoms with Crippen molar-refractivity contribution in [3.8, 4) is 11.5 Å². The maximum absolute atomic E-state index is 13.4. The molecule has 0 N–H and O–H groups in total. The van der Waals surface area contributed by atoms with Gasteiger partial charge in [0, 0.05) is 31.1 Å². The summed E-state index contributed by atoms with van der Waals surface area (Å²) in [6.45, 7) is 6.01. The Morgan fingerprint density at radius 3 is 2.40 bits per heavy atom. The average molecular weight is 452 g/mol. The van der Waals surface area contributed by atoms with Crippen LogP contribution in [0.1, 0.15) is 23.5 Å². The molecule has 2 fully saturated rings. The second kappa shape index (κ2) is 8.82. The van der Waals surface area contributed by atoms with Gasteiger partial charge >= 0.3 is 0 Å². The van der Waals surface area contributed by atoms with Gasteiger partial charge in [0.2, 0.25) is 10.0 Å². The van der Waals surface area contributed by atoms with Crippen molar-refractivity contribution in [2.24, 2.45) is 11.8 Å². The Labute approximate surface area is 182 Å². The predicted molar refractivity (Wildman–Crippen MR) is 117 cm³/mol. The Bertz CT molecular complexity index is 976. The third-order valence-electron chi connectivity index (χ3n) is 6.22. The Hall–Kier alpha value is -1.68. The molecule has 4 rings (SSSR count). The van der Waals surface area contributed by atoms with Crippen LogP contribution in [-0.4, -0.2) is 63.0 Å². The van der Waals surface area contributed by atoms with Gasteiger partial charge in [-0.15, -0.1) is 11.3 Å². The number of hydrogen-bond acceptors (Lipinski definition) is 7. The van der Waals surface area contributed by atoms with E-state index in [1.54, 1.807) is 33.8 Å². The maximum atomic E-state index is 13.4. The SMILES string of the molecule is COc1ccc(OC)c(S(=O)(=O)N2C[C@H]3CCN(Cc4csc(C)n4)CC[C@H]3C2)c1. The second-order valence-electron chi connectivity index (χ2n) is 8.07. The number of rotatable bonds is 6. The van der Waals surface area contributed by atoms with E-state index >= 15 is 0 Å². The van der Waals surface area contributed by atoms with Gasteiger partial charge in [-0.25, -0.2) is 13.4 Å². The van der Waals surface area contributed by atoms with E-state index in [0.717, 1.165) is 43.2 Å². The lowest BCUT2D eigenvalue weighted by atomic mass is 9.92. The topological polar surface area (TPSA) is 72.0 Å². The monoisotopic (exact) mass is 451 g/mol. The number of aryl methyl sites for hydroxylation is 1. The quantitative estimate of drug-likeness (QED) is 0.672. The molecule has 0 bridgehead atoms. The van der Waals surface area contributed by atoms with Gasteiger partial charge in [0.05, 0.1) is 24.9 Å². The summed E-state index contributed by atoms with van der Waals surface area (Å²) in [4.78, 5) is 7.22. The van der Waals surface area contributed by atoms with Gasteiger partial charge in [0.15, 0.2) is 0 Å². The number of nitrogens with zero attached hydrogens (tertiary/aromatic N) is 3. The van der Waals surface area contributed by atoms with Gasteiger partial charge in [-0.1, -0.05) is 0 Å². The van der Waals surface area contributed by atoms with Crippen molar-refractivity contribution >= 4 is 21.4 Å². The smallest absolute Gasteiger partial charge is 0.246 e. The van der Waals surface area contributed by atoms with E-state index in [-0.39, 0.29) is 4.90 Å². The van der Waals surface area contributed by atoms with Gasteiger partial charge in [0.25, 0.3) is 0 Å². The number of likely N-dealkylation sites (tertiary alicyclic amines) is 1. The molecule has 2 atom stereocenters. The summed E-state index contributed by atoms with van der Waals surface area (Å²) in [5.74, 6) is 1.64. The first-order valence-corrected chi connectivity index (χ1v) is 12.6. The van der Waals surface area contributed by atoms with Crippen molar-refractivity contribution in [1.29, 1.82) is 0 Å². The van der Waals surface area contributed by atoms with Crippen LogP contribution in [-0.2, 0) is 16.6 Å². The molecule has 1 aromatic carbocycles. The Kier molecular flexibility index (Phi) is 6.34. The summed E-state index contributed by atoms with van der Waals surface area (Å²) in [6, 6.07) is 4.92. The Balaban J connectivity index is 1.45. The summed E-state index contributed by atoms with van der Waals surface area (Å²) >= 11 is 1.69. The van der Waals surface area contributed by atoms with Crippen LogP contribution in [0.4, 0.5) is 0 Å².